The van der Waals surface area contributed by atoms with E-state index in [4.69, 9.17) is 23.7 Å². The second-order valence-electron chi connectivity index (χ2n) is 4.73. The Balaban J connectivity index is 2.26. The van der Waals surface area contributed by atoms with Crippen molar-refractivity contribution in [3.05, 3.63) is 30.3 Å². The number of rotatable bonds is 8. The Morgan fingerprint density at radius 2 is 1.25 bits per heavy atom. The van der Waals surface area contributed by atoms with Crippen LogP contribution in [0.25, 0.3) is 0 Å². The third-order valence-corrected chi connectivity index (χ3v) is 3.41. The van der Waals surface area contributed by atoms with E-state index in [0.29, 0.717) is 28.7 Å². The fraction of sp³-hybridized carbons (Fsp3) is 0.294. The monoisotopic (exact) mass is 334 g/mol. The van der Waals surface area contributed by atoms with Crippen molar-refractivity contribution in [1.29, 1.82) is 0 Å². The van der Waals surface area contributed by atoms with Crippen molar-refractivity contribution in [3.63, 3.8) is 0 Å². The van der Waals surface area contributed by atoms with Gasteiger partial charge >= 0.3 is 0 Å². The van der Waals surface area contributed by atoms with Crippen molar-refractivity contribution in [1.82, 2.24) is 0 Å². The Morgan fingerprint density at radius 3 is 1.75 bits per heavy atom. The van der Waals surface area contributed by atoms with E-state index in [2.05, 4.69) is 10.9 Å². The van der Waals surface area contributed by atoms with E-state index in [9.17, 15) is 0 Å². The van der Waals surface area contributed by atoms with Gasteiger partial charge in [0.25, 0.3) is 0 Å². The fourth-order valence-electron chi connectivity index (χ4n) is 2.20. The van der Waals surface area contributed by atoms with Gasteiger partial charge in [-0.15, -0.1) is 0 Å². The molecule has 0 unspecified atom stereocenters. The molecule has 0 heterocycles. The van der Waals surface area contributed by atoms with Crippen molar-refractivity contribution in [3.8, 4) is 28.7 Å². The second-order valence-corrected chi connectivity index (χ2v) is 4.73. The van der Waals surface area contributed by atoms with E-state index in [1.54, 1.807) is 47.7 Å². The minimum absolute atomic E-state index is 0.532. The molecular formula is C17H22N2O5. The summed E-state index contributed by atoms with van der Waals surface area (Å²) >= 11 is 0. The van der Waals surface area contributed by atoms with Gasteiger partial charge in [0, 0.05) is 18.2 Å². The normalized spacial score (nSPS) is 9.88. The lowest BCUT2D eigenvalue weighted by Crippen LogP contribution is -2.10. The molecule has 2 N–H and O–H groups in total. The van der Waals surface area contributed by atoms with E-state index in [1.807, 2.05) is 18.2 Å². The molecule has 2 rings (SSSR count). The van der Waals surface area contributed by atoms with E-state index in [1.165, 1.54) is 0 Å². The first-order chi connectivity index (χ1) is 11.7. The number of nitrogens with one attached hydrogen (secondary N) is 2. The Morgan fingerprint density at radius 1 is 0.625 bits per heavy atom. The van der Waals surface area contributed by atoms with Gasteiger partial charge in [0.1, 0.15) is 11.5 Å². The average Bonchev–Trinajstić information content (AvgIpc) is 2.64. The zero-order chi connectivity index (χ0) is 17.5. The molecule has 7 nitrogen and oxygen atoms in total. The summed E-state index contributed by atoms with van der Waals surface area (Å²) in [6, 6.07) is 9.05. The summed E-state index contributed by atoms with van der Waals surface area (Å²) in [6.07, 6.45) is 0. The van der Waals surface area contributed by atoms with Crippen molar-refractivity contribution in [2.75, 3.05) is 46.4 Å². The van der Waals surface area contributed by atoms with Crippen LogP contribution in [0, 0.1) is 0 Å². The highest BCUT2D eigenvalue weighted by atomic mass is 16.5. The largest absolute Gasteiger partial charge is 0.497 e. The summed E-state index contributed by atoms with van der Waals surface area (Å²) in [7, 11) is 7.91. The van der Waals surface area contributed by atoms with Gasteiger partial charge in [0.05, 0.1) is 46.9 Å². The molecule has 0 amide bonds. The van der Waals surface area contributed by atoms with E-state index >= 15 is 0 Å². The smallest absolute Gasteiger partial charge is 0.203 e. The molecule has 0 fully saturated rings. The zero-order valence-corrected chi connectivity index (χ0v) is 14.4. The highest BCUT2D eigenvalue weighted by Gasteiger charge is 2.13. The molecule has 0 saturated carbocycles. The molecule has 0 bridgehead atoms. The predicted molar refractivity (Wildman–Crippen MR) is 92.9 cm³/mol. The van der Waals surface area contributed by atoms with Gasteiger partial charge in [0.15, 0.2) is 11.5 Å². The summed E-state index contributed by atoms with van der Waals surface area (Å²) in [6.45, 7) is 0. The van der Waals surface area contributed by atoms with Gasteiger partial charge in [-0.1, -0.05) is 0 Å². The van der Waals surface area contributed by atoms with Crippen LogP contribution in [0.4, 0.5) is 11.4 Å². The molecule has 130 valence electrons. The van der Waals surface area contributed by atoms with Crippen LogP contribution in [0.2, 0.25) is 0 Å². The minimum Gasteiger partial charge on any atom is -0.497 e. The van der Waals surface area contributed by atoms with Gasteiger partial charge in [-0.25, -0.2) is 0 Å². The van der Waals surface area contributed by atoms with Crippen LogP contribution in [-0.2, 0) is 0 Å². The maximum absolute atomic E-state index is 5.34. The lowest BCUT2D eigenvalue weighted by molar-refractivity contribution is 0.324. The maximum Gasteiger partial charge on any atom is 0.203 e. The number of hydrogen-bond donors (Lipinski definition) is 2. The molecule has 0 saturated heterocycles. The molecule has 24 heavy (non-hydrogen) atoms. The molecule has 0 aliphatic carbocycles. The quantitative estimate of drug-likeness (QED) is 0.719. The minimum atomic E-state index is 0.532. The molecule has 0 aliphatic rings. The lowest BCUT2D eigenvalue weighted by atomic mass is 10.2. The molecule has 2 aromatic rings. The van der Waals surface area contributed by atoms with Gasteiger partial charge in [-0.3, -0.25) is 5.43 Å². The average molecular weight is 334 g/mol. The highest BCUT2D eigenvalue weighted by Crippen LogP contribution is 2.40. The third kappa shape index (κ3) is 3.68. The van der Waals surface area contributed by atoms with E-state index in [-0.39, 0.29) is 0 Å². The summed E-state index contributed by atoms with van der Waals surface area (Å²) < 4.78 is 26.5. The van der Waals surface area contributed by atoms with Gasteiger partial charge in [0.2, 0.25) is 5.75 Å². The summed E-state index contributed by atoms with van der Waals surface area (Å²) in [4.78, 5) is 0. The zero-order valence-electron chi connectivity index (χ0n) is 14.4. The van der Waals surface area contributed by atoms with E-state index < -0.39 is 0 Å². The first-order valence-electron chi connectivity index (χ1n) is 7.20. The summed E-state index contributed by atoms with van der Waals surface area (Å²) in [5.74, 6) is 3.03. The Bertz CT molecular complexity index is 666. The van der Waals surface area contributed by atoms with Crippen molar-refractivity contribution >= 4 is 11.4 Å². The third-order valence-electron chi connectivity index (χ3n) is 3.41. The van der Waals surface area contributed by atoms with E-state index in [0.717, 1.165) is 11.4 Å². The Kier molecular flexibility index (Phi) is 5.83. The SMILES string of the molecule is COc1ccc(OC)c(NNc2cc(OC)c(OC)c(OC)c2)c1. The van der Waals surface area contributed by atoms with Crippen LogP contribution in [0.5, 0.6) is 28.7 Å². The number of anilines is 2. The fourth-order valence-corrected chi connectivity index (χ4v) is 2.20. The standard InChI is InChI=1S/C17H22N2O5/c1-20-12-6-7-14(21-2)13(10-12)19-18-11-8-15(22-3)17(24-5)16(9-11)23-4/h6-10,18-19H,1-5H3. The van der Waals surface area contributed by atoms with Crippen LogP contribution in [-0.4, -0.2) is 35.5 Å². The Labute approximate surface area is 141 Å². The number of ether oxygens (including phenoxy) is 5. The lowest BCUT2D eigenvalue weighted by Gasteiger charge is -2.17. The van der Waals surface area contributed by atoms with Crippen LogP contribution in [0.3, 0.4) is 0 Å². The first-order valence-corrected chi connectivity index (χ1v) is 7.20. The number of methoxy groups -OCH3 is 5. The molecule has 0 radical (unpaired) electrons. The molecule has 0 aromatic heterocycles. The van der Waals surface area contributed by atoms with Crippen LogP contribution < -0.4 is 34.5 Å². The van der Waals surface area contributed by atoms with Crippen molar-refractivity contribution in [2.45, 2.75) is 0 Å². The molecule has 0 atom stereocenters. The Hall–Kier alpha value is -2.96. The van der Waals surface area contributed by atoms with Gasteiger partial charge in [-0.2, -0.15) is 0 Å². The maximum atomic E-state index is 5.34. The summed E-state index contributed by atoms with van der Waals surface area (Å²) in [5.41, 5.74) is 7.63. The second kappa shape index (κ2) is 8.05. The highest BCUT2D eigenvalue weighted by molar-refractivity contribution is 5.67. The number of hydrogen-bond acceptors (Lipinski definition) is 7. The first kappa shape index (κ1) is 17.4. The molecule has 0 spiro atoms. The van der Waals surface area contributed by atoms with Crippen LogP contribution >= 0.6 is 0 Å². The molecular weight excluding hydrogens is 312 g/mol. The topological polar surface area (TPSA) is 70.2 Å². The number of hydrazine groups is 1. The van der Waals surface area contributed by atoms with Gasteiger partial charge < -0.3 is 29.1 Å². The molecule has 2 aromatic carbocycles. The molecule has 7 heteroatoms. The van der Waals surface area contributed by atoms with Crippen molar-refractivity contribution < 1.29 is 23.7 Å². The van der Waals surface area contributed by atoms with Crippen molar-refractivity contribution in [2.24, 2.45) is 0 Å². The van der Waals surface area contributed by atoms with Crippen LogP contribution in [0.1, 0.15) is 0 Å². The summed E-state index contributed by atoms with van der Waals surface area (Å²) in [5, 5.41) is 0. The number of benzene rings is 2. The van der Waals surface area contributed by atoms with Gasteiger partial charge in [-0.05, 0) is 12.1 Å². The molecule has 0 aliphatic heterocycles. The predicted octanol–water partition coefficient (Wildman–Crippen LogP) is 3.17. The van der Waals surface area contributed by atoms with Crippen LogP contribution in [0.15, 0.2) is 30.3 Å².